The summed E-state index contributed by atoms with van der Waals surface area (Å²) in [6, 6.07) is 0.361. The van der Waals surface area contributed by atoms with Gasteiger partial charge in [0.15, 0.2) is 0 Å². The molecule has 1 fully saturated rings. The first-order valence-electron chi connectivity index (χ1n) is 5.45. The predicted octanol–water partition coefficient (Wildman–Crippen LogP) is 0.979. The quantitative estimate of drug-likeness (QED) is 0.268. The summed E-state index contributed by atoms with van der Waals surface area (Å²) in [5.74, 6) is 6.91. The van der Waals surface area contributed by atoms with Crippen molar-refractivity contribution in [1.82, 2.24) is 5.43 Å². The third kappa shape index (κ3) is 2.87. The Morgan fingerprint density at radius 1 is 1.36 bits per heavy atom. The number of nitrogens with two attached hydrogens (primary N) is 2. The highest BCUT2D eigenvalue weighted by molar-refractivity contribution is 5.77. The Kier molecular flexibility index (Phi) is 4.20. The van der Waals surface area contributed by atoms with Gasteiger partial charge in [-0.1, -0.05) is 26.7 Å². The molecule has 5 N–H and O–H groups in total. The topological polar surface area (TPSA) is 76.4 Å². The van der Waals surface area contributed by atoms with Gasteiger partial charge < -0.3 is 5.73 Å². The normalized spacial score (nSPS) is 29.3. The minimum absolute atomic E-state index is 0.361. The van der Waals surface area contributed by atoms with E-state index >= 15 is 0 Å². The summed E-state index contributed by atoms with van der Waals surface area (Å²) in [5.41, 5.74) is 7.98. The number of nitrogens with one attached hydrogen (secondary N) is 1. The van der Waals surface area contributed by atoms with Gasteiger partial charge in [0.05, 0.1) is 6.04 Å². The Morgan fingerprint density at radius 2 is 2.00 bits per heavy atom. The summed E-state index contributed by atoms with van der Waals surface area (Å²) in [7, 11) is 0. The highest BCUT2D eigenvalue weighted by atomic mass is 15.3. The van der Waals surface area contributed by atoms with Crippen molar-refractivity contribution < 1.29 is 0 Å². The molecule has 4 nitrogen and oxygen atoms in total. The first kappa shape index (κ1) is 11.3. The molecule has 0 aromatic rings. The second-order valence-corrected chi connectivity index (χ2v) is 4.42. The van der Waals surface area contributed by atoms with E-state index in [2.05, 4.69) is 24.3 Å². The van der Waals surface area contributed by atoms with Crippen LogP contribution in [0, 0.1) is 11.8 Å². The molecule has 0 aliphatic heterocycles. The van der Waals surface area contributed by atoms with Crippen LogP contribution in [0.2, 0.25) is 0 Å². The van der Waals surface area contributed by atoms with E-state index in [0.717, 1.165) is 6.42 Å². The molecular weight excluding hydrogens is 176 g/mol. The largest absolute Gasteiger partial charge is 0.369 e. The van der Waals surface area contributed by atoms with Crippen molar-refractivity contribution in [1.29, 1.82) is 0 Å². The fraction of sp³-hybridized carbons (Fsp3) is 0.900. The molecule has 1 aliphatic carbocycles. The lowest BCUT2D eigenvalue weighted by Crippen LogP contribution is -2.40. The monoisotopic (exact) mass is 198 g/mol. The van der Waals surface area contributed by atoms with E-state index < -0.39 is 0 Å². The molecule has 0 heterocycles. The first-order chi connectivity index (χ1) is 6.65. The van der Waals surface area contributed by atoms with Crippen molar-refractivity contribution in [2.24, 2.45) is 28.4 Å². The highest BCUT2D eigenvalue weighted by Gasteiger charge is 2.27. The lowest BCUT2D eigenvalue weighted by Gasteiger charge is -2.31. The zero-order valence-corrected chi connectivity index (χ0v) is 9.16. The molecule has 1 saturated carbocycles. The average molecular weight is 198 g/mol. The van der Waals surface area contributed by atoms with Crippen LogP contribution >= 0.6 is 0 Å². The van der Waals surface area contributed by atoms with Crippen LogP contribution in [0.3, 0.4) is 0 Å². The molecule has 0 aromatic heterocycles. The van der Waals surface area contributed by atoms with E-state index in [1.165, 1.54) is 19.3 Å². The number of nitrogens with zero attached hydrogens (tertiary/aromatic N) is 1. The van der Waals surface area contributed by atoms with E-state index in [4.69, 9.17) is 11.6 Å². The van der Waals surface area contributed by atoms with Crippen molar-refractivity contribution >= 4 is 5.96 Å². The molecule has 0 amide bonds. The number of guanidine groups is 1. The van der Waals surface area contributed by atoms with Crippen LogP contribution in [0.5, 0.6) is 0 Å². The Labute approximate surface area is 86.1 Å². The van der Waals surface area contributed by atoms with Crippen LogP contribution in [0.1, 0.15) is 39.5 Å². The third-order valence-electron chi connectivity index (χ3n) is 3.09. The number of hydrogen-bond donors (Lipinski definition) is 3. The highest BCUT2D eigenvalue weighted by Crippen LogP contribution is 2.32. The van der Waals surface area contributed by atoms with Gasteiger partial charge in [0.1, 0.15) is 0 Å². The van der Waals surface area contributed by atoms with Crippen molar-refractivity contribution in [2.45, 2.75) is 45.6 Å². The maximum absolute atomic E-state index is 5.58. The minimum atomic E-state index is 0.361. The van der Waals surface area contributed by atoms with E-state index in [-0.39, 0.29) is 0 Å². The van der Waals surface area contributed by atoms with Gasteiger partial charge in [-0.25, -0.2) is 10.8 Å². The molecule has 1 aliphatic rings. The molecule has 2 atom stereocenters. The Bertz CT molecular complexity index is 200. The summed E-state index contributed by atoms with van der Waals surface area (Å²) in [6.07, 6.45) is 5.00. The van der Waals surface area contributed by atoms with Gasteiger partial charge in [0.2, 0.25) is 5.96 Å². The van der Waals surface area contributed by atoms with Gasteiger partial charge in [-0.15, -0.1) is 0 Å². The predicted molar refractivity (Wildman–Crippen MR) is 59.5 cm³/mol. The standard InChI is InChI=1S/C10H22N4/c1-7(2)8-5-3-4-6-9(8)13-10(11)14-12/h7-9H,3-6,12H2,1-2H3,(H3,11,13,14). The second-order valence-electron chi connectivity index (χ2n) is 4.42. The summed E-state index contributed by atoms with van der Waals surface area (Å²) < 4.78 is 0. The van der Waals surface area contributed by atoms with Gasteiger partial charge in [-0.3, -0.25) is 5.43 Å². The van der Waals surface area contributed by atoms with Crippen LogP contribution in [0.15, 0.2) is 4.99 Å². The fourth-order valence-electron chi connectivity index (χ4n) is 2.29. The number of hydrogen-bond acceptors (Lipinski definition) is 2. The van der Waals surface area contributed by atoms with Crippen LogP contribution < -0.4 is 17.0 Å². The molecule has 14 heavy (non-hydrogen) atoms. The number of hydrazine groups is 1. The smallest absolute Gasteiger partial charge is 0.203 e. The zero-order chi connectivity index (χ0) is 10.6. The van der Waals surface area contributed by atoms with Gasteiger partial charge in [0, 0.05) is 0 Å². The lowest BCUT2D eigenvalue weighted by molar-refractivity contribution is 0.241. The van der Waals surface area contributed by atoms with Crippen molar-refractivity contribution in [3.63, 3.8) is 0 Å². The van der Waals surface area contributed by atoms with Crippen LogP contribution in [-0.2, 0) is 0 Å². The van der Waals surface area contributed by atoms with E-state index in [1.807, 2.05) is 0 Å². The van der Waals surface area contributed by atoms with E-state index in [1.54, 1.807) is 0 Å². The van der Waals surface area contributed by atoms with E-state index in [0.29, 0.717) is 23.8 Å². The van der Waals surface area contributed by atoms with Crippen LogP contribution in [-0.4, -0.2) is 12.0 Å². The summed E-state index contributed by atoms with van der Waals surface area (Å²) in [4.78, 5) is 4.42. The Balaban J connectivity index is 2.63. The molecule has 0 saturated heterocycles. The molecule has 1 rings (SSSR count). The Hall–Kier alpha value is -0.770. The number of rotatable bonds is 2. The lowest BCUT2D eigenvalue weighted by atomic mass is 9.78. The fourth-order valence-corrected chi connectivity index (χ4v) is 2.29. The summed E-state index contributed by atoms with van der Waals surface area (Å²) >= 11 is 0. The maximum atomic E-state index is 5.58. The number of aliphatic imine (C=N–C) groups is 1. The van der Waals surface area contributed by atoms with Gasteiger partial charge >= 0.3 is 0 Å². The zero-order valence-electron chi connectivity index (χ0n) is 9.16. The Morgan fingerprint density at radius 3 is 2.57 bits per heavy atom. The third-order valence-corrected chi connectivity index (χ3v) is 3.09. The summed E-state index contributed by atoms with van der Waals surface area (Å²) in [6.45, 7) is 4.51. The van der Waals surface area contributed by atoms with Crippen LogP contribution in [0.25, 0.3) is 0 Å². The molecule has 0 bridgehead atoms. The molecule has 2 unspecified atom stereocenters. The second kappa shape index (κ2) is 5.20. The SMILES string of the molecule is CC(C)C1CCCCC1N=C(N)NN. The van der Waals surface area contributed by atoms with Gasteiger partial charge in [-0.2, -0.15) is 0 Å². The van der Waals surface area contributed by atoms with E-state index in [9.17, 15) is 0 Å². The molecule has 0 radical (unpaired) electrons. The van der Waals surface area contributed by atoms with Crippen LogP contribution in [0.4, 0.5) is 0 Å². The van der Waals surface area contributed by atoms with Crippen molar-refractivity contribution in [3.05, 3.63) is 0 Å². The molecule has 0 aromatic carbocycles. The molecule has 4 heteroatoms. The molecule has 0 spiro atoms. The maximum Gasteiger partial charge on any atom is 0.203 e. The van der Waals surface area contributed by atoms with Crippen molar-refractivity contribution in [3.8, 4) is 0 Å². The minimum Gasteiger partial charge on any atom is -0.369 e. The summed E-state index contributed by atoms with van der Waals surface area (Å²) in [5, 5.41) is 0. The van der Waals surface area contributed by atoms with Crippen molar-refractivity contribution in [2.75, 3.05) is 0 Å². The molecule has 82 valence electrons. The van der Waals surface area contributed by atoms with Gasteiger partial charge in [-0.05, 0) is 24.7 Å². The van der Waals surface area contributed by atoms with Gasteiger partial charge in [0.25, 0.3) is 0 Å². The average Bonchev–Trinajstić information content (AvgIpc) is 2.18. The molecular formula is C10H22N4. The first-order valence-corrected chi connectivity index (χ1v) is 5.45.